The zero-order valence-corrected chi connectivity index (χ0v) is 14.8. The number of benzene rings is 1. The predicted molar refractivity (Wildman–Crippen MR) is 89.6 cm³/mol. The maximum atomic E-state index is 11.8. The van der Waals surface area contributed by atoms with E-state index in [1.54, 1.807) is 0 Å². The molecular weight excluding hydrogens is 332 g/mol. The van der Waals surface area contributed by atoms with Crippen LogP contribution in [0.15, 0.2) is 22.7 Å². The summed E-state index contributed by atoms with van der Waals surface area (Å²) in [7, 11) is 1.90. The Balaban J connectivity index is 2.57. The molecule has 1 atom stereocenters. The van der Waals surface area contributed by atoms with E-state index in [2.05, 4.69) is 47.3 Å². The Morgan fingerprint density at radius 1 is 1.33 bits per heavy atom. The molecule has 0 saturated heterocycles. The summed E-state index contributed by atoms with van der Waals surface area (Å²) >= 11 is 3.43. The third-order valence-electron chi connectivity index (χ3n) is 3.28. The molecule has 21 heavy (non-hydrogen) atoms. The van der Waals surface area contributed by atoms with Crippen LogP contribution >= 0.6 is 15.9 Å². The molecule has 0 aliphatic rings. The van der Waals surface area contributed by atoms with E-state index in [4.69, 9.17) is 4.74 Å². The average Bonchev–Trinajstić information content (AvgIpc) is 2.44. The number of ether oxygens (including phenoxy) is 1. The van der Waals surface area contributed by atoms with Crippen LogP contribution in [-0.4, -0.2) is 26.1 Å². The lowest BCUT2D eigenvalue weighted by molar-refractivity contribution is -0.123. The van der Waals surface area contributed by atoms with Gasteiger partial charge in [-0.25, -0.2) is 0 Å². The van der Waals surface area contributed by atoms with E-state index in [1.165, 1.54) is 0 Å². The second kappa shape index (κ2) is 9.05. The van der Waals surface area contributed by atoms with Crippen molar-refractivity contribution in [3.05, 3.63) is 28.2 Å². The molecule has 0 aliphatic carbocycles. The van der Waals surface area contributed by atoms with Gasteiger partial charge in [-0.2, -0.15) is 0 Å². The first-order chi connectivity index (χ1) is 9.93. The third-order valence-corrected chi connectivity index (χ3v) is 3.77. The molecule has 0 fully saturated rings. The second-order valence-electron chi connectivity index (χ2n) is 5.51. The van der Waals surface area contributed by atoms with Crippen molar-refractivity contribution < 1.29 is 9.53 Å². The summed E-state index contributed by atoms with van der Waals surface area (Å²) in [5.41, 5.74) is 1.04. The molecular formula is C16H25BrN2O2. The number of amides is 1. The molecule has 0 aromatic heterocycles. The number of hydrogen-bond acceptors (Lipinski definition) is 3. The van der Waals surface area contributed by atoms with Crippen LogP contribution in [0.2, 0.25) is 0 Å². The topological polar surface area (TPSA) is 50.4 Å². The minimum Gasteiger partial charge on any atom is -0.483 e. The molecule has 1 aromatic rings. The predicted octanol–water partition coefficient (Wildman–Crippen LogP) is 3.27. The van der Waals surface area contributed by atoms with Gasteiger partial charge in [0.25, 0.3) is 5.91 Å². The second-order valence-corrected chi connectivity index (χ2v) is 6.43. The van der Waals surface area contributed by atoms with Gasteiger partial charge in [-0.3, -0.25) is 4.79 Å². The molecule has 1 rings (SSSR count). The van der Waals surface area contributed by atoms with E-state index in [0.717, 1.165) is 22.2 Å². The summed E-state index contributed by atoms with van der Waals surface area (Å²) in [6.45, 7) is 7.06. The van der Waals surface area contributed by atoms with E-state index in [1.807, 2.05) is 25.2 Å². The average molecular weight is 357 g/mol. The van der Waals surface area contributed by atoms with Crippen molar-refractivity contribution in [3.8, 4) is 5.75 Å². The smallest absolute Gasteiger partial charge is 0.257 e. The molecule has 118 valence electrons. The van der Waals surface area contributed by atoms with Gasteiger partial charge in [0.15, 0.2) is 6.61 Å². The lowest BCUT2D eigenvalue weighted by atomic mass is 10.1. The molecule has 0 bridgehead atoms. The molecule has 1 aromatic carbocycles. The molecule has 4 nitrogen and oxygen atoms in total. The van der Waals surface area contributed by atoms with Crippen molar-refractivity contribution in [3.63, 3.8) is 0 Å². The van der Waals surface area contributed by atoms with E-state index in [0.29, 0.717) is 12.5 Å². The number of rotatable bonds is 8. The lowest BCUT2D eigenvalue weighted by Gasteiger charge is -2.17. The highest BCUT2D eigenvalue weighted by Crippen LogP contribution is 2.28. The SMILES string of the molecule is CNC(C)c1ccc(Br)cc1OCC(=O)NCCC(C)C. The summed E-state index contributed by atoms with van der Waals surface area (Å²) in [6.07, 6.45) is 0.977. The Hall–Kier alpha value is -1.07. The van der Waals surface area contributed by atoms with Crippen LogP contribution in [0.4, 0.5) is 0 Å². The summed E-state index contributed by atoms with van der Waals surface area (Å²) in [4.78, 5) is 11.8. The molecule has 1 amide bonds. The zero-order valence-electron chi connectivity index (χ0n) is 13.2. The summed E-state index contributed by atoms with van der Waals surface area (Å²) in [5, 5.41) is 6.05. The van der Waals surface area contributed by atoms with Crippen molar-refractivity contribution in [2.24, 2.45) is 5.92 Å². The summed E-state index contributed by atoms with van der Waals surface area (Å²) < 4.78 is 6.61. The van der Waals surface area contributed by atoms with E-state index >= 15 is 0 Å². The molecule has 0 radical (unpaired) electrons. The quantitative estimate of drug-likeness (QED) is 0.751. The normalized spacial score (nSPS) is 12.3. The van der Waals surface area contributed by atoms with Gasteiger partial charge < -0.3 is 15.4 Å². The first kappa shape index (κ1) is 18.0. The van der Waals surface area contributed by atoms with E-state index in [9.17, 15) is 4.79 Å². The molecule has 0 heterocycles. The first-order valence-corrected chi connectivity index (χ1v) is 8.09. The fourth-order valence-corrected chi connectivity index (χ4v) is 2.18. The maximum Gasteiger partial charge on any atom is 0.257 e. The molecule has 2 N–H and O–H groups in total. The Morgan fingerprint density at radius 2 is 2.05 bits per heavy atom. The van der Waals surface area contributed by atoms with Crippen LogP contribution in [0.3, 0.4) is 0 Å². The van der Waals surface area contributed by atoms with Crippen LogP contribution in [0.1, 0.15) is 38.8 Å². The molecule has 0 aliphatic heterocycles. The molecule has 1 unspecified atom stereocenters. The van der Waals surface area contributed by atoms with Crippen molar-refractivity contribution in [1.82, 2.24) is 10.6 Å². The Labute approximate surface area is 135 Å². The van der Waals surface area contributed by atoms with Crippen LogP contribution in [0.5, 0.6) is 5.75 Å². The fraction of sp³-hybridized carbons (Fsp3) is 0.562. The van der Waals surface area contributed by atoms with E-state index in [-0.39, 0.29) is 18.6 Å². The summed E-state index contributed by atoms with van der Waals surface area (Å²) in [6, 6.07) is 6.03. The van der Waals surface area contributed by atoms with Crippen molar-refractivity contribution >= 4 is 21.8 Å². The highest BCUT2D eigenvalue weighted by atomic mass is 79.9. The van der Waals surface area contributed by atoms with Crippen LogP contribution in [0.25, 0.3) is 0 Å². The van der Waals surface area contributed by atoms with Crippen LogP contribution < -0.4 is 15.4 Å². The Kier molecular flexibility index (Phi) is 7.75. The van der Waals surface area contributed by atoms with Crippen LogP contribution in [0, 0.1) is 5.92 Å². The van der Waals surface area contributed by atoms with Crippen molar-refractivity contribution in [1.29, 1.82) is 0 Å². The van der Waals surface area contributed by atoms with E-state index < -0.39 is 0 Å². The lowest BCUT2D eigenvalue weighted by Crippen LogP contribution is -2.30. The van der Waals surface area contributed by atoms with Gasteiger partial charge >= 0.3 is 0 Å². The highest BCUT2D eigenvalue weighted by Gasteiger charge is 2.12. The standard InChI is InChI=1S/C16H25BrN2O2/c1-11(2)7-8-19-16(20)10-21-15-9-13(17)5-6-14(15)12(3)18-4/h5-6,9,11-12,18H,7-8,10H2,1-4H3,(H,19,20). The van der Waals surface area contributed by atoms with Crippen molar-refractivity contribution in [2.45, 2.75) is 33.2 Å². The van der Waals surface area contributed by atoms with Gasteiger partial charge in [0.1, 0.15) is 5.75 Å². The van der Waals surface area contributed by atoms with Gasteiger partial charge in [-0.15, -0.1) is 0 Å². The first-order valence-electron chi connectivity index (χ1n) is 7.30. The monoisotopic (exact) mass is 356 g/mol. The minimum absolute atomic E-state index is 0.0397. The maximum absolute atomic E-state index is 11.8. The largest absolute Gasteiger partial charge is 0.483 e. The number of carbonyl (C=O) groups excluding carboxylic acids is 1. The summed E-state index contributed by atoms with van der Waals surface area (Å²) in [5.74, 6) is 1.23. The van der Waals surface area contributed by atoms with Crippen LogP contribution in [-0.2, 0) is 4.79 Å². The van der Waals surface area contributed by atoms with Gasteiger partial charge in [0, 0.05) is 22.6 Å². The number of nitrogens with one attached hydrogen (secondary N) is 2. The fourth-order valence-electron chi connectivity index (χ4n) is 1.84. The van der Waals surface area contributed by atoms with Gasteiger partial charge in [0.2, 0.25) is 0 Å². The number of carbonyl (C=O) groups is 1. The third kappa shape index (κ3) is 6.48. The van der Waals surface area contributed by atoms with Gasteiger partial charge in [0.05, 0.1) is 0 Å². The molecule has 5 heteroatoms. The number of halogens is 1. The minimum atomic E-state index is -0.0845. The molecule has 0 spiro atoms. The Morgan fingerprint density at radius 3 is 2.67 bits per heavy atom. The van der Waals surface area contributed by atoms with Gasteiger partial charge in [-0.1, -0.05) is 35.8 Å². The van der Waals surface area contributed by atoms with Crippen molar-refractivity contribution in [2.75, 3.05) is 20.2 Å². The zero-order chi connectivity index (χ0) is 15.8. The Bertz CT molecular complexity index is 464. The highest BCUT2D eigenvalue weighted by molar-refractivity contribution is 9.10. The molecule has 0 saturated carbocycles. The van der Waals surface area contributed by atoms with Gasteiger partial charge in [-0.05, 0) is 38.4 Å². The number of hydrogen-bond donors (Lipinski definition) is 2.